The van der Waals surface area contributed by atoms with Gasteiger partial charge in [0.05, 0.1) is 41.5 Å². The molecule has 4 heterocycles. The first kappa shape index (κ1) is 21.3. The van der Waals surface area contributed by atoms with Gasteiger partial charge in [-0.15, -0.1) is 0 Å². The molecule has 0 aliphatic carbocycles. The van der Waals surface area contributed by atoms with E-state index in [1.165, 1.54) is 13.3 Å². The third-order valence-electron chi connectivity index (χ3n) is 5.00. The zero-order valence-electron chi connectivity index (χ0n) is 17.7. The lowest BCUT2D eigenvalue weighted by molar-refractivity contribution is 0.0600. The smallest absolute Gasteiger partial charge is 0.339 e. The highest BCUT2D eigenvalue weighted by Crippen LogP contribution is 2.28. The van der Waals surface area contributed by atoms with E-state index >= 15 is 0 Å². The van der Waals surface area contributed by atoms with Crippen LogP contribution in [0.5, 0.6) is 0 Å². The Morgan fingerprint density at radius 2 is 1.38 bits per heavy atom. The SMILES string of the molecule is COC(=O)c1ccc(CN(Cc2ccccn2)C(c2ccccn2)c2ccccn2)nc1. The van der Waals surface area contributed by atoms with E-state index < -0.39 is 5.97 Å². The van der Waals surface area contributed by atoms with Gasteiger partial charge in [-0.1, -0.05) is 18.2 Å². The lowest BCUT2D eigenvalue weighted by Crippen LogP contribution is -2.31. The van der Waals surface area contributed by atoms with Crippen LogP contribution in [0.1, 0.15) is 39.2 Å². The maximum Gasteiger partial charge on any atom is 0.339 e. The Hall–Kier alpha value is -3.97. The minimum Gasteiger partial charge on any atom is -0.465 e. The molecule has 0 saturated heterocycles. The van der Waals surface area contributed by atoms with Gasteiger partial charge in [-0.3, -0.25) is 24.8 Å². The lowest BCUT2D eigenvalue weighted by atomic mass is 10.1. The summed E-state index contributed by atoms with van der Waals surface area (Å²) in [5.74, 6) is -0.408. The number of rotatable bonds is 8. The first-order valence-electron chi connectivity index (χ1n) is 10.2. The third-order valence-corrected chi connectivity index (χ3v) is 5.00. The van der Waals surface area contributed by atoms with E-state index in [-0.39, 0.29) is 6.04 Å². The average Bonchev–Trinajstić information content (AvgIpc) is 2.86. The van der Waals surface area contributed by atoms with Crippen molar-refractivity contribution >= 4 is 5.97 Å². The molecule has 0 spiro atoms. The van der Waals surface area contributed by atoms with Crippen LogP contribution in [-0.4, -0.2) is 37.9 Å². The van der Waals surface area contributed by atoms with Crippen molar-refractivity contribution in [3.05, 3.63) is 120 Å². The van der Waals surface area contributed by atoms with Crippen LogP contribution in [-0.2, 0) is 17.8 Å². The molecule has 0 aromatic carbocycles. The monoisotopic (exact) mass is 425 g/mol. The second-order valence-corrected chi connectivity index (χ2v) is 7.17. The Balaban J connectivity index is 1.72. The van der Waals surface area contributed by atoms with Crippen LogP contribution in [0.4, 0.5) is 0 Å². The van der Waals surface area contributed by atoms with E-state index in [0.29, 0.717) is 18.7 Å². The molecule has 0 amide bonds. The zero-order chi connectivity index (χ0) is 22.2. The number of carbonyl (C=O) groups is 1. The summed E-state index contributed by atoms with van der Waals surface area (Å²) in [6, 6.07) is 21.0. The van der Waals surface area contributed by atoms with E-state index in [1.54, 1.807) is 24.7 Å². The number of aromatic nitrogens is 4. The van der Waals surface area contributed by atoms with Crippen LogP contribution >= 0.6 is 0 Å². The van der Waals surface area contributed by atoms with Crippen LogP contribution < -0.4 is 0 Å². The number of nitrogens with zero attached hydrogens (tertiary/aromatic N) is 5. The highest BCUT2D eigenvalue weighted by atomic mass is 16.5. The van der Waals surface area contributed by atoms with E-state index in [9.17, 15) is 4.79 Å². The predicted octanol–water partition coefficient (Wildman–Crippen LogP) is 3.85. The molecule has 0 atom stereocenters. The minimum atomic E-state index is -0.408. The Bertz CT molecular complexity index is 1080. The molecule has 0 aliphatic rings. The molecule has 0 fully saturated rings. The summed E-state index contributed by atoms with van der Waals surface area (Å²) in [5.41, 5.74) is 3.92. The molecular weight excluding hydrogens is 402 g/mol. The van der Waals surface area contributed by atoms with E-state index in [4.69, 9.17) is 4.74 Å². The first-order chi connectivity index (χ1) is 15.7. The Labute approximate surface area is 186 Å². The maximum absolute atomic E-state index is 11.8. The van der Waals surface area contributed by atoms with Crippen molar-refractivity contribution < 1.29 is 9.53 Å². The molecule has 0 N–H and O–H groups in total. The number of carbonyl (C=O) groups excluding carboxylic acids is 1. The van der Waals surface area contributed by atoms with Gasteiger partial charge in [-0.2, -0.15) is 0 Å². The standard InChI is InChI=1S/C25H23N5O2/c1-32-25(31)19-11-12-21(29-16-19)18-30(17-20-8-2-5-13-26-20)24(22-9-3-6-14-27-22)23-10-4-7-15-28-23/h2-16,24H,17-18H2,1H3. The molecule has 32 heavy (non-hydrogen) atoms. The third kappa shape index (κ3) is 5.19. The number of methoxy groups -OCH3 is 1. The van der Waals surface area contributed by atoms with Crippen LogP contribution in [0.3, 0.4) is 0 Å². The van der Waals surface area contributed by atoms with Gasteiger partial charge in [0.25, 0.3) is 0 Å². The summed E-state index contributed by atoms with van der Waals surface area (Å²) < 4.78 is 4.78. The summed E-state index contributed by atoms with van der Waals surface area (Å²) in [6.07, 6.45) is 6.89. The molecule has 0 bridgehead atoms. The lowest BCUT2D eigenvalue weighted by Gasteiger charge is -2.30. The molecule has 4 aromatic rings. The largest absolute Gasteiger partial charge is 0.465 e. The number of hydrogen-bond acceptors (Lipinski definition) is 7. The van der Waals surface area contributed by atoms with E-state index in [0.717, 1.165) is 22.8 Å². The van der Waals surface area contributed by atoms with Gasteiger partial charge in [0.2, 0.25) is 0 Å². The van der Waals surface area contributed by atoms with Crippen molar-refractivity contribution in [2.24, 2.45) is 0 Å². The number of esters is 1. The summed E-state index contributed by atoms with van der Waals surface area (Å²) in [5, 5.41) is 0. The van der Waals surface area contributed by atoms with Gasteiger partial charge in [0.1, 0.15) is 0 Å². The van der Waals surface area contributed by atoms with Crippen molar-refractivity contribution in [3.63, 3.8) is 0 Å². The first-order valence-corrected chi connectivity index (χ1v) is 10.2. The quantitative estimate of drug-likeness (QED) is 0.397. The van der Waals surface area contributed by atoms with Gasteiger partial charge in [-0.05, 0) is 48.5 Å². The van der Waals surface area contributed by atoms with Crippen molar-refractivity contribution in [2.75, 3.05) is 7.11 Å². The van der Waals surface area contributed by atoms with Crippen LogP contribution in [0.25, 0.3) is 0 Å². The Morgan fingerprint density at radius 3 is 1.84 bits per heavy atom. The molecule has 4 rings (SSSR count). The second kappa shape index (κ2) is 10.4. The zero-order valence-corrected chi connectivity index (χ0v) is 17.7. The van der Waals surface area contributed by atoms with E-state index in [2.05, 4.69) is 24.8 Å². The number of hydrogen-bond donors (Lipinski definition) is 0. The van der Waals surface area contributed by atoms with Gasteiger partial charge in [0.15, 0.2) is 0 Å². The van der Waals surface area contributed by atoms with Crippen LogP contribution in [0.2, 0.25) is 0 Å². The molecule has 7 heteroatoms. The van der Waals surface area contributed by atoms with Crippen LogP contribution in [0, 0.1) is 0 Å². The van der Waals surface area contributed by atoms with Gasteiger partial charge in [0, 0.05) is 37.9 Å². The van der Waals surface area contributed by atoms with Gasteiger partial charge in [-0.25, -0.2) is 4.79 Å². The number of pyridine rings is 4. The highest BCUT2D eigenvalue weighted by molar-refractivity contribution is 5.88. The van der Waals surface area contributed by atoms with Crippen molar-refractivity contribution in [3.8, 4) is 0 Å². The molecule has 160 valence electrons. The summed E-state index contributed by atoms with van der Waals surface area (Å²) in [4.78, 5) is 32.3. The van der Waals surface area contributed by atoms with Gasteiger partial charge >= 0.3 is 5.97 Å². The minimum absolute atomic E-state index is 0.207. The maximum atomic E-state index is 11.8. The molecule has 0 radical (unpaired) electrons. The van der Waals surface area contributed by atoms with Crippen molar-refractivity contribution in [1.82, 2.24) is 24.8 Å². The summed E-state index contributed by atoms with van der Waals surface area (Å²) in [7, 11) is 1.36. The van der Waals surface area contributed by atoms with Gasteiger partial charge < -0.3 is 4.74 Å². The van der Waals surface area contributed by atoms with Crippen molar-refractivity contribution in [1.29, 1.82) is 0 Å². The molecule has 7 nitrogen and oxygen atoms in total. The fourth-order valence-electron chi connectivity index (χ4n) is 3.50. The fourth-order valence-corrected chi connectivity index (χ4v) is 3.50. The van der Waals surface area contributed by atoms with Crippen molar-refractivity contribution in [2.45, 2.75) is 19.1 Å². The Kier molecular flexibility index (Phi) is 6.89. The molecule has 0 unspecified atom stereocenters. The molecule has 4 aromatic heterocycles. The second-order valence-electron chi connectivity index (χ2n) is 7.17. The molecular formula is C25H23N5O2. The fraction of sp³-hybridized carbons (Fsp3) is 0.160. The Morgan fingerprint density at radius 1 is 0.781 bits per heavy atom. The normalized spacial score (nSPS) is 11.0. The summed E-state index contributed by atoms with van der Waals surface area (Å²) in [6.45, 7) is 1.08. The highest BCUT2D eigenvalue weighted by Gasteiger charge is 2.26. The molecule has 0 aliphatic heterocycles. The predicted molar refractivity (Wildman–Crippen MR) is 119 cm³/mol. The topological polar surface area (TPSA) is 81.1 Å². The summed E-state index contributed by atoms with van der Waals surface area (Å²) >= 11 is 0. The average molecular weight is 425 g/mol. The number of ether oxygens (including phenoxy) is 1. The van der Waals surface area contributed by atoms with E-state index in [1.807, 2.05) is 60.7 Å². The van der Waals surface area contributed by atoms with Crippen LogP contribution in [0.15, 0.2) is 91.5 Å². The molecule has 0 saturated carbocycles.